The van der Waals surface area contributed by atoms with Crippen LogP contribution in [-0.2, 0) is 4.79 Å². The van der Waals surface area contributed by atoms with Gasteiger partial charge in [-0.1, -0.05) is 12.1 Å². The van der Waals surface area contributed by atoms with Crippen molar-refractivity contribution in [1.29, 1.82) is 0 Å². The molecule has 1 unspecified atom stereocenters. The first-order valence-corrected chi connectivity index (χ1v) is 4.13. The minimum atomic E-state index is -0.489. The van der Waals surface area contributed by atoms with E-state index in [2.05, 4.69) is 10.5 Å². The number of hydrogen-bond acceptors (Lipinski definition) is 4. The van der Waals surface area contributed by atoms with Crippen molar-refractivity contribution in [2.45, 2.75) is 26.3 Å². The Hall–Kier alpha value is -1.36. The molecule has 1 aromatic heterocycles. The number of carbonyl (C=O) groups excluding carboxylic acids is 1. The molecule has 0 saturated carbocycles. The topological polar surface area (TPSA) is 81.2 Å². The van der Waals surface area contributed by atoms with Crippen LogP contribution in [0, 0.1) is 6.92 Å². The zero-order valence-corrected chi connectivity index (χ0v) is 7.70. The summed E-state index contributed by atoms with van der Waals surface area (Å²) >= 11 is 0. The van der Waals surface area contributed by atoms with Crippen LogP contribution < -0.4 is 11.1 Å². The number of aromatic nitrogens is 1. The highest BCUT2D eigenvalue weighted by molar-refractivity contribution is 5.93. The van der Waals surface area contributed by atoms with Gasteiger partial charge in [-0.2, -0.15) is 0 Å². The molecule has 5 nitrogen and oxygen atoms in total. The molecule has 0 fully saturated rings. The largest absolute Gasteiger partial charge is 0.360 e. The molecule has 0 aromatic carbocycles. The number of aryl methyl sites for hydroxylation is 1. The molecule has 3 N–H and O–H groups in total. The van der Waals surface area contributed by atoms with Gasteiger partial charge in [0.1, 0.15) is 5.76 Å². The Labute approximate surface area is 76.3 Å². The number of nitrogens with one attached hydrogen (secondary N) is 1. The number of nitrogens with two attached hydrogens (primary N) is 1. The predicted molar refractivity (Wildman–Crippen MR) is 48.1 cm³/mol. The Balaban J connectivity index is 2.54. The Morgan fingerprint density at radius 3 is 3.00 bits per heavy atom. The van der Waals surface area contributed by atoms with E-state index < -0.39 is 6.04 Å². The summed E-state index contributed by atoms with van der Waals surface area (Å²) < 4.78 is 4.77. The zero-order chi connectivity index (χ0) is 9.84. The van der Waals surface area contributed by atoms with E-state index in [1.807, 2.05) is 6.92 Å². The van der Waals surface area contributed by atoms with Gasteiger partial charge in [-0.25, -0.2) is 0 Å². The predicted octanol–water partition coefficient (Wildman–Crippen LogP) is 0.659. The third-order valence-electron chi connectivity index (χ3n) is 1.66. The summed E-state index contributed by atoms with van der Waals surface area (Å²) in [6.45, 7) is 3.60. The molecule has 1 amide bonds. The first-order chi connectivity index (χ1) is 6.13. The van der Waals surface area contributed by atoms with Crippen molar-refractivity contribution in [1.82, 2.24) is 5.16 Å². The normalized spacial score (nSPS) is 12.5. The van der Waals surface area contributed by atoms with Gasteiger partial charge in [0.15, 0.2) is 5.82 Å². The highest BCUT2D eigenvalue weighted by Gasteiger charge is 2.12. The van der Waals surface area contributed by atoms with Gasteiger partial charge >= 0.3 is 0 Å². The number of rotatable bonds is 3. The van der Waals surface area contributed by atoms with Crippen molar-refractivity contribution in [2.24, 2.45) is 5.73 Å². The number of nitrogens with zero attached hydrogens (tertiary/aromatic N) is 1. The lowest BCUT2D eigenvalue weighted by Crippen LogP contribution is -2.34. The summed E-state index contributed by atoms with van der Waals surface area (Å²) in [5.41, 5.74) is 5.50. The van der Waals surface area contributed by atoms with E-state index in [9.17, 15) is 4.79 Å². The van der Waals surface area contributed by atoms with E-state index in [0.717, 1.165) is 0 Å². The molecular weight excluding hydrogens is 170 g/mol. The lowest BCUT2D eigenvalue weighted by molar-refractivity contribution is -0.117. The van der Waals surface area contributed by atoms with Gasteiger partial charge in [0.2, 0.25) is 5.91 Å². The lowest BCUT2D eigenvalue weighted by Gasteiger charge is -2.06. The molecule has 1 heterocycles. The van der Waals surface area contributed by atoms with Gasteiger partial charge in [0, 0.05) is 6.07 Å². The van der Waals surface area contributed by atoms with Crippen molar-refractivity contribution in [3.05, 3.63) is 11.8 Å². The maximum absolute atomic E-state index is 11.2. The van der Waals surface area contributed by atoms with Crippen LogP contribution in [-0.4, -0.2) is 17.1 Å². The standard InChI is InChI=1S/C8H13N3O2/c1-3-6(9)8(12)10-7-4-5(2)13-11-7/h4,6H,3,9H2,1-2H3,(H,10,11,12). The van der Waals surface area contributed by atoms with Gasteiger partial charge < -0.3 is 15.6 Å². The Bertz CT molecular complexity index is 295. The maximum atomic E-state index is 11.2. The molecule has 72 valence electrons. The highest BCUT2D eigenvalue weighted by atomic mass is 16.5. The number of amides is 1. The summed E-state index contributed by atoms with van der Waals surface area (Å²) in [6.07, 6.45) is 0.600. The van der Waals surface area contributed by atoms with Crippen molar-refractivity contribution in [3.8, 4) is 0 Å². The molecule has 13 heavy (non-hydrogen) atoms. The molecule has 0 spiro atoms. The zero-order valence-electron chi connectivity index (χ0n) is 7.70. The third kappa shape index (κ3) is 2.55. The molecule has 0 aliphatic rings. The minimum Gasteiger partial charge on any atom is -0.360 e. The fourth-order valence-corrected chi connectivity index (χ4v) is 0.830. The molecular formula is C8H13N3O2. The average Bonchev–Trinajstić information content (AvgIpc) is 2.49. The SMILES string of the molecule is CCC(N)C(=O)Nc1cc(C)on1. The third-order valence-corrected chi connectivity index (χ3v) is 1.66. The number of anilines is 1. The van der Waals surface area contributed by atoms with E-state index >= 15 is 0 Å². The van der Waals surface area contributed by atoms with Crippen LogP contribution in [0.1, 0.15) is 19.1 Å². The molecule has 1 rings (SSSR count). The molecule has 1 atom stereocenters. The van der Waals surface area contributed by atoms with Crippen LogP contribution in [0.3, 0.4) is 0 Å². The summed E-state index contributed by atoms with van der Waals surface area (Å²) in [7, 11) is 0. The van der Waals surface area contributed by atoms with Crippen LogP contribution in [0.5, 0.6) is 0 Å². The lowest BCUT2D eigenvalue weighted by atomic mass is 10.2. The Morgan fingerprint density at radius 2 is 2.54 bits per heavy atom. The maximum Gasteiger partial charge on any atom is 0.242 e. The Morgan fingerprint density at radius 1 is 1.85 bits per heavy atom. The summed E-state index contributed by atoms with van der Waals surface area (Å²) in [6, 6.07) is 1.15. The fourth-order valence-electron chi connectivity index (χ4n) is 0.830. The average molecular weight is 183 g/mol. The van der Waals surface area contributed by atoms with Gasteiger partial charge in [0.25, 0.3) is 0 Å². The van der Waals surface area contributed by atoms with E-state index in [0.29, 0.717) is 18.0 Å². The van der Waals surface area contributed by atoms with E-state index in [1.54, 1.807) is 13.0 Å². The van der Waals surface area contributed by atoms with E-state index in [-0.39, 0.29) is 5.91 Å². The van der Waals surface area contributed by atoms with Crippen molar-refractivity contribution in [2.75, 3.05) is 5.32 Å². The van der Waals surface area contributed by atoms with Crippen LogP contribution >= 0.6 is 0 Å². The van der Waals surface area contributed by atoms with Gasteiger partial charge in [-0.3, -0.25) is 4.79 Å². The second-order valence-corrected chi connectivity index (χ2v) is 2.83. The van der Waals surface area contributed by atoms with Crippen LogP contribution in [0.25, 0.3) is 0 Å². The number of hydrogen-bond donors (Lipinski definition) is 2. The fraction of sp³-hybridized carbons (Fsp3) is 0.500. The van der Waals surface area contributed by atoms with Crippen molar-refractivity contribution >= 4 is 11.7 Å². The molecule has 5 heteroatoms. The summed E-state index contributed by atoms with van der Waals surface area (Å²) in [5.74, 6) is 0.822. The van der Waals surface area contributed by atoms with E-state index in [4.69, 9.17) is 10.3 Å². The quantitative estimate of drug-likeness (QED) is 0.721. The molecule has 1 aromatic rings. The first-order valence-electron chi connectivity index (χ1n) is 4.13. The number of carbonyl (C=O) groups is 1. The second kappa shape index (κ2) is 4.04. The first kappa shape index (κ1) is 9.73. The van der Waals surface area contributed by atoms with Crippen LogP contribution in [0.15, 0.2) is 10.6 Å². The minimum absolute atomic E-state index is 0.240. The molecule has 0 saturated heterocycles. The Kier molecular flexibility index (Phi) is 3.02. The van der Waals surface area contributed by atoms with E-state index in [1.165, 1.54) is 0 Å². The van der Waals surface area contributed by atoms with Gasteiger partial charge in [-0.05, 0) is 13.3 Å². The highest BCUT2D eigenvalue weighted by Crippen LogP contribution is 2.07. The molecule has 0 aliphatic carbocycles. The monoisotopic (exact) mass is 183 g/mol. The molecule has 0 bridgehead atoms. The summed E-state index contributed by atoms with van der Waals surface area (Å²) in [4.78, 5) is 11.2. The second-order valence-electron chi connectivity index (χ2n) is 2.83. The van der Waals surface area contributed by atoms with Crippen molar-refractivity contribution < 1.29 is 9.32 Å². The van der Waals surface area contributed by atoms with Crippen LogP contribution in [0.4, 0.5) is 5.82 Å². The molecule has 0 aliphatic heterocycles. The summed E-state index contributed by atoms with van der Waals surface area (Å²) in [5, 5.41) is 6.15. The molecule has 0 radical (unpaired) electrons. The van der Waals surface area contributed by atoms with Crippen molar-refractivity contribution in [3.63, 3.8) is 0 Å². The van der Waals surface area contributed by atoms with Crippen LogP contribution in [0.2, 0.25) is 0 Å². The van der Waals surface area contributed by atoms with Gasteiger partial charge in [-0.15, -0.1) is 0 Å². The van der Waals surface area contributed by atoms with Gasteiger partial charge in [0.05, 0.1) is 6.04 Å². The smallest absolute Gasteiger partial charge is 0.242 e.